The lowest BCUT2D eigenvalue weighted by Gasteiger charge is -2.32. The highest BCUT2D eigenvalue weighted by Crippen LogP contribution is 2.38. The van der Waals surface area contributed by atoms with Gasteiger partial charge >= 0.3 is 5.97 Å². The first kappa shape index (κ1) is 12.3. The summed E-state index contributed by atoms with van der Waals surface area (Å²) in [5.74, 6) is -2.96. The summed E-state index contributed by atoms with van der Waals surface area (Å²) in [5.41, 5.74) is 0. The van der Waals surface area contributed by atoms with Gasteiger partial charge in [-0.15, -0.1) is 0 Å². The average Bonchev–Trinajstić information content (AvgIpc) is 2.98. The number of halogens is 2. The standard InChI is InChI=1S/C12H18F2N2O2/c1-7(18-11(17)8-2-3-8)16-5-4-9-10(16)12(13,14)6-15-9/h7-10,15H,2-6H2,1H3. The van der Waals surface area contributed by atoms with Crippen molar-refractivity contribution in [2.24, 2.45) is 5.92 Å². The van der Waals surface area contributed by atoms with Crippen molar-refractivity contribution >= 4 is 5.97 Å². The molecule has 1 saturated carbocycles. The highest BCUT2D eigenvalue weighted by atomic mass is 19.3. The predicted octanol–water partition coefficient (Wildman–Crippen LogP) is 0.967. The van der Waals surface area contributed by atoms with Crippen molar-refractivity contribution in [2.45, 2.75) is 50.4 Å². The maximum absolute atomic E-state index is 13.8. The molecule has 2 aliphatic heterocycles. The van der Waals surface area contributed by atoms with Crippen molar-refractivity contribution in [3.8, 4) is 0 Å². The summed E-state index contributed by atoms with van der Waals surface area (Å²) in [7, 11) is 0. The first-order valence-electron chi connectivity index (χ1n) is 6.56. The van der Waals surface area contributed by atoms with Gasteiger partial charge < -0.3 is 10.1 Å². The fraction of sp³-hybridized carbons (Fsp3) is 0.917. The largest absolute Gasteiger partial charge is 0.446 e. The lowest BCUT2D eigenvalue weighted by molar-refractivity contribution is -0.166. The van der Waals surface area contributed by atoms with Crippen molar-refractivity contribution in [1.29, 1.82) is 0 Å². The Morgan fingerprint density at radius 2 is 2.17 bits per heavy atom. The SMILES string of the molecule is CC(OC(=O)C1CC1)N1CCC2NCC(F)(F)C21. The fourth-order valence-corrected chi connectivity index (χ4v) is 3.00. The van der Waals surface area contributed by atoms with Gasteiger partial charge in [-0.25, -0.2) is 8.78 Å². The zero-order valence-corrected chi connectivity index (χ0v) is 10.4. The van der Waals surface area contributed by atoms with E-state index in [1.807, 2.05) is 0 Å². The van der Waals surface area contributed by atoms with Crippen LogP contribution in [-0.4, -0.2) is 48.2 Å². The molecular weight excluding hydrogens is 242 g/mol. The maximum atomic E-state index is 13.8. The van der Waals surface area contributed by atoms with E-state index in [4.69, 9.17) is 4.74 Å². The van der Waals surface area contributed by atoms with Crippen LogP contribution in [0.1, 0.15) is 26.2 Å². The van der Waals surface area contributed by atoms with Gasteiger partial charge in [-0.05, 0) is 26.2 Å². The van der Waals surface area contributed by atoms with Crippen LogP contribution in [0.25, 0.3) is 0 Å². The van der Waals surface area contributed by atoms with E-state index < -0.39 is 18.2 Å². The molecular formula is C12H18F2N2O2. The molecule has 0 amide bonds. The number of nitrogens with one attached hydrogen (secondary N) is 1. The highest BCUT2D eigenvalue weighted by molar-refractivity contribution is 5.75. The highest BCUT2D eigenvalue weighted by Gasteiger charge is 2.57. The van der Waals surface area contributed by atoms with Crippen molar-refractivity contribution in [1.82, 2.24) is 10.2 Å². The molecule has 4 nitrogen and oxygen atoms in total. The van der Waals surface area contributed by atoms with Gasteiger partial charge in [-0.2, -0.15) is 0 Å². The van der Waals surface area contributed by atoms with E-state index >= 15 is 0 Å². The number of carbonyl (C=O) groups is 1. The lowest BCUT2D eigenvalue weighted by atomic mass is 10.1. The van der Waals surface area contributed by atoms with Crippen LogP contribution in [0.3, 0.4) is 0 Å². The van der Waals surface area contributed by atoms with E-state index in [1.54, 1.807) is 11.8 Å². The number of carbonyl (C=O) groups excluding carboxylic acids is 1. The van der Waals surface area contributed by atoms with Gasteiger partial charge in [0.2, 0.25) is 0 Å². The van der Waals surface area contributed by atoms with Crippen LogP contribution in [0.15, 0.2) is 0 Å². The third-order valence-electron chi connectivity index (χ3n) is 4.13. The van der Waals surface area contributed by atoms with Gasteiger partial charge in [0.25, 0.3) is 5.92 Å². The topological polar surface area (TPSA) is 41.6 Å². The van der Waals surface area contributed by atoms with E-state index in [9.17, 15) is 13.6 Å². The van der Waals surface area contributed by atoms with E-state index in [0.29, 0.717) is 13.0 Å². The quantitative estimate of drug-likeness (QED) is 0.768. The second kappa shape index (κ2) is 4.13. The summed E-state index contributed by atoms with van der Waals surface area (Å²) in [6.07, 6.45) is 1.87. The minimum absolute atomic E-state index is 0.00747. The van der Waals surface area contributed by atoms with E-state index in [1.165, 1.54) is 0 Å². The Morgan fingerprint density at radius 1 is 1.44 bits per heavy atom. The number of ether oxygens (including phenoxy) is 1. The second-order valence-electron chi connectivity index (χ2n) is 5.53. The van der Waals surface area contributed by atoms with Gasteiger partial charge in [-0.3, -0.25) is 9.69 Å². The van der Waals surface area contributed by atoms with Crippen molar-refractivity contribution in [3.63, 3.8) is 0 Å². The molecule has 0 spiro atoms. The van der Waals surface area contributed by atoms with Crippen molar-refractivity contribution in [2.75, 3.05) is 13.1 Å². The van der Waals surface area contributed by atoms with Crippen LogP contribution in [0, 0.1) is 5.92 Å². The molecule has 3 rings (SSSR count). The molecule has 1 aliphatic carbocycles. The molecule has 18 heavy (non-hydrogen) atoms. The van der Waals surface area contributed by atoms with E-state index in [2.05, 4.69) is 5.32 Å². The van der Waals surface area contributed by atoms with Crippen LogP contribution >= 0.6 is 0 Å². The van der Waals surface area contributed by atoms with E-state index in [0.717, 1.165) is 12.8 Å². The normalized spacial score (nSPS) is 36.4. The Hall–Kier alpha value is -0.750. The molecule has 3 aliphatic rings. The summed E-state index contributed by atoms with van der Waals surface area (Å²) in [6, 6.07) is -1.01. The van der Waals surface area contributed by atoms with Gasteiger partial charge in [-0.1, -0.05) is 0 Å². The number of rotatable bonds is 3. The lowest BCUT2D eigenvalue weighted by Crippen LogP contribution is -2.50. The third-order valence-corrected chi connectivity index (χ3v) is 4.13. The van der Waals surface area contributed by atoms with Gasteiger partial charge in [0, 0.05) is 12.6 Å². The Bertz CT molecular complexity index is 360. The van der Waals surface area contributed by atoms with Crippen LogP contribution in [0.2, 0.25) is 0 Å². The molecule has 6 heteroatoms. The zero-order valence-electron chi connectivity index (χ0n) is 10.4. The van der Waals surface area contributed by atoms with Gasteiger partial charge in [0.15, 0.2) is 6.23 Å². The smallest absolute Gasteiger partial charge is 0.310 e. The van der Waals surface area contributed by atoms with Crippen molar-refractivity contribution < 1.29 is 18.3 Å². The molecule has 1 N–H and O–H groups in total. The summed E-state index contributed by atoms with van der Waals surface area (Å²) in [6.45, 7) is 1.97. The van der Waals surface area contributed by atoms with Gasteiger partial charge in [0.05, 0.1) is 18.5 Å². The molecule has 3 atom stereocenters. The Kier molecular flexibility index (Phi) is 2.82. The summed E-state index contributed by atoms with van der Waals surface area (Å²) in [5, 5.41) is 2.85. The third kappa shape index (κ3) is 2.01. The number of likely N-dealkylation sites (tertiary alicyclic amines) is 1. The molecule has 0 aromatic heterocycles. The Morgan fingerprint density at radius 3 is 2.83 bits per heavy atom. The van der Waals surface area contributed by atoms with Crippen LogP contribution in [0.5, 0.6) is 0 Å². The number of fused-ring (bicyclic) bond motifs is 1. The first-order valence-corrected chi connectivity index (χ1v) is 6.56. The summed E-state index contributed by atoms with van der Waals surface area (Å²) < 4.78 is 32.8. The molecule has 2 saturated heterocycles. The molecule has 0 aromatic rings. The number of hydrogen-bond donors (Lipinski definition) is 1. The van der Waals surface area contributed by atoms with Crippen molar-refractivity contribution in [3.05, 3.63) is 0 Å². The predicted molar refractivity (Wildman–Crippen MR) is 60.1 cm³/mol. The zero-order chi connectivity index (χ0) is 12.9. The van der Waals surface area contributed by atoms with Gasteiger partial charge in [0.1, 0.15) is 0 Å². The fourth-order valence-electron chi connectivity index (χ4n) is 3.00. The molecule has 102 valence electrons. The Balaban J connectivity index is 1.66. The number of hydrogen-bond acceptors (Lipinski definition) is 4. The maximum Gasteiger partial charge on any atom is 0.310 e. The summed E-state index contributed by atoms with van der Waals surface area (Å²) in [4.78, 5) is 13.2. The Labute approximate surface area is 105 Å². The molecule has 3 fully saturated rings. The van der Waals surface area contributed by atoms with Crippen LogP contribution in [0.4, 0.5) is 8.78 Å². The molecule has 3 unspecified atom stereocenters. The van der Waals surface area contributed by atoms with E-state index in [-0.39, 0.29) is 24.5 Å². The molecule has 2 heterocycles. The molecule has 0 aromatic carbocycles. The average molecular weight is 260 g/mol. The molecule has 0 bridgehead atoms. The van der Waals surface area contributed by atoms with Crippen LogP contribution in [-0.2, 0) is 9.53 Å². The minimum Gasteiger partial charge on any atom is -0.446 e. The number of esters is 1. The second-order valence-corrected chi connectivity index (χ2v) is 5.53. The number of nitrogens with zero attached hydrogens (tertiary/aromatic N) is 1. The summed E-state index contributed by atoms with van der Waals surface area (Å²) >= 11 is 0. The minimum atomic E-state index is -2.73. The molecule has 0 radical (unpaired) electrons. The first-order chi connectivity index (χ1) is 8.49. The van der Waals surface area contributed by atoms with Crippen LogP contribution < -0.4 is 5.32 Å². The monoisotopic (exact) mass is 260 g/mol. The number of alkyl halides is 2.